The average molecular weight is 407 g/mol. The average Bonchev–Trinajstić information content (AvgIpc) is 3.38. The van der Waals surface area contributed by atoms with E-state index in [1.807, 2.05) is 25.0 Å². The van der Waals surface area contributed by atoms with Gasteiger partial charge in [-0.1, -0.05) is 5.21 Å². The Hall–Kier alpha value is -2.04. The SMILES string of the molecule is CO[C@@H]1C[C@H]2CN(c3nc(C(=O)O)cs3)C[C@H]2C[C@H]1n1cc(CN(C)C)nn1. The lowest BCUT2D eigenvalue weighted by atomic mass is 9.77. The van der Waals surface area contributed by atoms with Gasteiger partial charge in [0.1, 0.15) is 0 Å². The predicted octanol–water partition coefficient (Wildman–Crippen LogP) is 1.60. The maximum absolute atomic E-state index is 11.1. The number of hydrogen-bond acceptors (Lipinski definition) is 8. The zero-order valence-electron chi connectivity index (χ0n) is 16.4. The van der Waals surface area contributed by atoms with Gasteiger partial charge in [-0.05, 0) is 38.8 Å². The molecule has 0 bridgehead atoms. The number of thiazole rings is 1. The van der Waals surface area contributed by atoms with Crippen molar-refractivity contribution >= 4 is 22.4 Å². The number of nitrogens with zero attached hydrogens (tertiary/aromatic N) is 6. The van der Waals surface area contributed by atoms with Crippen molar-refractivity contribution < 1.29 is 14.6 Å². The number of aromatic carboxylic acids is 1. The summed E-state index contributed by atoms with van der Waals surface area (Å²) in [6.07, 6.45) is 4.06. The molecular formula is C18H26N6O3S. The molecule has 0 spiro atoms. The molecule has 2 aromatic heterocycles. The molecule has 9 nitrogen and oxygen atoms in total. The third kappa shape index (κ3) is 3.76. The number of ether oxygens (including phenoxy) is 1. The summed E-state index contributed by atoms with van der Waals surface area (Å²) in [5.41, 5.74) is 1.08. The molecule has 152 valence electrons. The van der Waals surface area contributed by atoms with Crippen LogP contribution in [0.3, 0.4) is 0 Å². The largest absolute Gasteiger partial charge is 0.476 e. The number of carboxylic acid groups (broad SMARTS) is 1. The summed E-state index contributed by atoms with van der Waals surface area (Å²) >= 11 is 1.40. The molecule has 1 saturated heterocycles. The molecule has 0 unspecified atom stereocenters. The van der Waals surface area contributed by atoms with Crippen molar-refractivity contribution in [1.82, 2.24) is 24.9 Å². The van der Waals surface area contributed by atoms with E-state index >= 15 is 0 Å². The Labute approximate surface area is 167 Å². The van der Waals surface area contributed by atoms with Gasteiger partial charge in [-0.15, -0.1) is 16.4 Å². The third-order valence-corrected chi connectivity index (χ3v) is 6.65. The second-order valence-electron chi connectivity index (χ2n) is 7.99. The number of carboxylic acids is 1. The van der Waals surface area contributed by atoms with Crippen LogP contribution in [0.5, 0.6) is 0 Å². The Bertz CT molecular complexity index is 837. The van der Waals surface area contributed by atoms with Crippen molar-refractivity contribution in [1.29, 1.82) is 0 Å². The molecule has 28 heavy (non-hydrogen) atoms. The van der Waals surface area contributed by atoms with Gasteiger partial charge in [-0.2, -0.15) is 0 Å². The lowest BCUT2D eigenvalue weighted by Crippen LogP contribution is -2.37. The fourth-order valence-corrected chi connectivity index (χ4v) is 5.28. The molecule has 0 radical (unpaired) electrons. The highest BCUT2D eigenvalue weighted by atomic mass is 32.1. The molecule has 10 heteroatoms. The summed E-state index contributed by atoms with van der Waals surface area (Å²) in [7, 11) is 5.80. The zero-order valence-corrected chi connectivity index (χ0v) is 17.2. The van der Waals surface area contributed by atoms with Crippen LogP contribution in [0.15, 0.2) is 11.6 Å². The van der Waals surface area contributed by atoms with E-state index in [2.05, 4.69) is 25.1 Å². The molecule has 1 aliphatic carbocycles. The van der Waals surface area contributed by atoms with Crippen LogP contribution in [0.4, 0.5) is 5.13 Å². The highest BCUT2D eigenvalue weighted by molar-refractivity contribution is 7.13. The Kier molecular flexibility index (Phi) is 5.35. The summed E-state index contributed by atoms with van der Waals surface area (Å²) in [4.78, 5) is 19.7. The Morgan fingerprint density at radius 2 is 2.11 bits per heavy atom. The minimum absolute atomic E-state index is 0.0981. The van der Waals surface area contributed by atoms with Gasteiger partial charge < -0.3 is 19.6 Å². The van der Waals surface area contributed by atoms with E-state index in [0.717, 1.165) is 43.3 Å². The van der Waals surface area contributed by atoms with Crippen molar-refractivity contribution in [3.63, 3.8) is 0 Å². The van der Waals surface area contributed by atoms with E-state index in [9.17, 15) is 4.79 Å². The first-order valence-corrected chi connectivity index (χ1v) is 10.3. The third-order valence-electron chi connectivity index (χ3n) is 5.75. The van der Waals surface area contributed by atoms with Gasteiger partial charge in [0.2, 0.25) is 0 Å². The molecule has 2 aliphatic rings. The second kappa shape index (κ2) is 7.76. The smallest absolute Gasteiger partial charge is 0.355 e. The van der Waals surface area contributed by atoms with E-state index in [0.29, 0.717) is 11.8 Å². The molecule has 1 saturated carbocycles. The number of fused-ring (bicyclic) bond motifs is 1. The van der Waals surface area contributed by atoms with Crippen LogP contribution in [0, 0.1) is 11.8 Å². The number of methoxy groups -OCH3 is 1. The molecule has 2 aromatic rings. The summed E-state index contributed by atoms with van der Waals surface area (Å²) in [5, 5.41) is 20.2. The first-order valence-electron chi connectivity index (χ1n) is 9.46. The molecule has 3 heterocycles. The summed E-state index contributed by atoms with van der Waals surface area (Å²) < 4.78 is 7.80. The first-order chi connectivity index (χ1) is 13.4. The molecule has 0 aromatic carbocycles. The number of carbonyl (C=O) groups is 1. The lowest BCUT2D eigenvalue weighted by molar-refractivity contribution is -0.00543. The Morgan fingerprint density at radius 1 is 1.36 bits per heavy atom. The zero-order chi connectivity index (χ0) is 19.8. The number of aromatic nitrogens is 4. The van der Waals surface area contributed by atoms with Gasteiger partial charge in [-0.25, -0.2) is 14.5 Å². The highest BCUT2D eigenvalue weighted by Gasteiger charge is 2.44. The Morgan fingerprint density at radius 3 is 2.75 bits per heavy atom. The fourth-order valence-electron chi connectivity index (χ4n) is 4.46. The fraction of sp³-hybridized carbons (Fsp3) is 0.667. The lowest BCUT2D eigenvalue weighted by Gasteiger charge is -2.36. The molecule has 1 N–H and O–H groups in total. The van der Waals surface area contributed by atoms with Crippen molar-refractivity contribution in [2.45, 2.75) is 31.5 Å². The molecule has 2 fully saturated rings. The Balaban J connectivity index is 1.48. The highest BCUT2D eigenvalue weighted by Crippen LogP contribution is 2.43. The van der Waals surface area contributed by atoms with Crippen LogP contribution in [-0.4, -0.2) is 76.4 Å². The van der Waals surface area contributed by atoms with Crippen LogP contribution in [0.2, 0.25) is 0 Å². The summed E-state index contributed by atoms with van der Waals surface area (Å²) in [5.74, 6) is 0.0524. The van der Waals surface area contributed by atoms with Crippen LogP contribution in [-0.2, 0) is 11.3 Å². The molecular weight excluding hydrogens is 380 g/mol. The molecule has 4 atom stereocenters. The summed E-state index contributed by atoms with van der Waals surface area (Å²) in [6, 6.07) is 0.167. The van der Waals surface area contributed by atoms with Crippen molar-refractivity contribution in [3.8, 4) is 0 Å². The van der Waals surface area contributed by atoms with Crippen LogP contribution < -0.4 is 4.90 Å². The topological polar surface area (TPSA) is 96.6 Å². The second-order valence-corrected chi connectivity index (χ2v) is 8.82. The van der Waals surface area contributed by atoms with Crippen molar-refractivity contribution in [3.05, 3.63) is 23.0 Å². The minimum Gasteiger partial charge on any atom is -0.476 e. The van der Waals surface area contributed by atoms with Crippen LogP contribution in [0.1, 0.15) is 35.1 Å². The normalized spacial score (nSPS) is 27.4. The van der Waals surface area contributed by atoms with E-state index in [1.165, 1.54) is 11.3 Å². The minimum atomic E-state index is -0.974. The van der Waals surface area contributed by atoms with Gasteiger partial charge in [0.05, 0.1) is 24.0 Å². The van der Waals surface area contributed by atoms with Crippen LogP contribution >= 0.6 is 11.3 Å². The molecule has 4 rings (SSSR count). The van der Waals surface area contributed by atoms with E-state index in [1.54, 1.807) is 12.5 Å². The monoisotopic (exact) mass is 406 g/mol. The van der Waals surface area contributed by atoms with E-state index < -0.39 is 5.97 Å². The van der Waals surface area contributed by atoms with Crippen LogP contribution in [0.25, 0.3) is 0 Å². The van der Waals surface area contributed by atoms with Crippen molar-refractivity contribution in [2.24, 2.45) is 11.8 Å². The number of anilines is 1. The van der Waals surface area contributed by atoms with Gasteiger partial charge in [0, 0.05) is 32.1 Å². The van der Waals surface area contributed by atoms with Crippen molar-refractivity contribution in [2.75, 3.05) is 39.2 Å². The number of rotatable bonds is 6. The van der Waals surface area contributed by atoms with Gasteiger partial charge >= 0.3 is 5.97 Å². The first kappa shape index (κ1) is 19.3. The quantitative estimate of drug-likeness (QED) is 0.773. The van der Waals surface area contributed by atoms with Gasteiger partial charge in [0.25, 0.3) is 0 Å². The van der Waals surface area contributed by atoms with Gasteiger partial charge in [0.15, 0.2) is 10.8 Å². The summed E-state index contributed by atoms with van der Waals surface area (Å²) in [6.45, 7) is 2.55. The standard InChI is InChI=1S/C18H26N6O3S/c1-22(2)8-13-9-24(21-20-13)15-4-11-6-23(7-12(11)5-16(15)27-3)18-19-14(10-28-18)17(25)26/h9-12,15-16H,4-8H2,1-3H3,(H,25,26)/t11-,12+,15-,16-/m1/s1. The maximum Gasteiger partial charge on any atom is 0.355 e. The number of hydrogen-bond donors (Lipinski definition) is 1. The van der Waals surface area contributed by atoms with Gasteiger partial charge in [-0.3, -0.25) is 0 Å². The maximum atomic E-state index is 11.1. The van der Waals surface area contributed by atoms with E-state index in [4.69, 9.17) is 9.84 Å². The molecule has 0 amide bonds. The van der Waals surface area contributed by atoms with E-state index in [-0.39, 0.29) is 17.8 Å². The molecule has 1 aliphatic heterocycles. The predicted molar refractivity (Wildman–Crippen MR) is 105 cm³/mol.